The number of hydrogen-bond acceptors (Lipinski definition) is 2. The molecule has 0 aromatic heterocycles. The molecule has 1 aromatic carbocycles. The Kier molecular flexibility index (Phi) is 4.79. The van der Waals surface area contributed by atoms with Crippen LogP contribution in [0.15, 0.2) is 24.3 Å². The summed E-state index contributed by atoms with van der Waals surface area (Å²) in [7, 11) is 0. The van der Waals surface area contributed by atoms with Crippen molar-refractivity contribution < 1.29 is 5.11 Å². The first-order valence-corrected chi connectivity index (χ1v) is 7.13. The van der Waals surface area contributed by atoms with Crippen molar-refractivity contribution in [3.63, 3.8) is 0 Å². The highest BCUT2D eigenvalue weighted by Gasteiger charge is 2.23. The predicted molar refractivity (Wildman–Crippen MR) is 75.8 cm³/mol. The summed E-state index contributed by atoms with van der Waals surface area (Å²) in [6.07, 6.45) is 4.18. The Morgan fingerprint density at radius 2 is 2.11 bits per heavy atom. The lowest BCUT2D eigenvalue weighted by atomic mass is 9.99. The Labute approximate surface area is 111 Å². The van der Waals surface area contributed by atoms with Crippen LogP contribution in [0, 0.1) is 6.92 Å². The number of piperidine rings is 1. The van der Waals surface area contributed by atoms with Gasteiger partial charge in [0, 0.05) is 12.6 Å². The van der Waals surface area contributed by atoms with E-state index in [2.05, 4.69) is 43.0 Å². The maximum atomic E-state index is 9.61. The van der Waals surface area contributed by atoms with Gasteiger partial charge in [0.05, 0.1) is 6.10 Å². The maximum absolute atomic E-state index is 9.61. The zero-order valence-electron chi connectivity index (χ0n) is 11.6. The van der Waals surface area contributed by atoms with E-state index in [-0.39, 0.29) is 6.10 Å². The van der Waals surface area contributed by atoms with Gasteiger partial charge < -0.3 is 10.0 Å². The van der Waals surface area contributed by atoms with Gasteiger partial charge in [0.15, 0.2) is 0 Å². The van der Waals surface area contributed by atoms with Gasteiger partial charge in [0.2, 0.25) is 0 Å². The summed E-state index contributed by atoms with van der Waals surface area (Å²) >= 11 is 0. The largest absolute Gasteiger partial charge is 0.393 e. The minimum absolute atomic E-state index is 0.0763. The second-order valence-corrected chi connectivity index (χ2v) is 5.59. The fourth-order valence-corrected chi connectivity index (χ4v) is 2.89. The summed E-state index contributed by atoms with van der Waals surface area (Å²) in [5.74, 6) is 0. The predicted octanol–water partition coefficient (Wildman–Crippen LogP) is 2.77. The minimum atomic E-state index is -0.0763. The van der Waals surface area contributed by atoms with Gasteiger partial charge in [0.1, 0.15) is 0 Å². The Balaban J connectivity index is 1.77. The standard InChI is InChI=1S/C16H25NO/c1-13-6-3-4-7-15(13)8-5-10-17-11-9-16(18)12-14(17)2/h3-4,6-7,14,16,18H,5,8-12H2,1-2H3/t14-,16-/m1/s1. The van der Waals surface area contributed by atoms with E-state index in [9.17, 15) is 5.11 Å². The lowest BCUT2D eigenvalue weighted by Gasteiger charge is -2.35. The van der Waals surface area contributed by atoms with Crippen molar-refractivity contribution >= 4 is 0 Å². The molecule has 2 rings (SSSR count). The van der Waals surface area contributed by atoms with Gasteiger partial charge in [-0.3, -0.25) is 0 Å². The Hall–Kier alpha value is -0.860. The summed E-state index contributed by atoms with van der Waals surface area (Å²) in [6.45, 7) is 6.63. The molecule has 1 fully saturated rings. The molecule has 1 aliphatic heterocycles. The van der Waals surface area contributed by atoms with E-state index in [1.165, 1.54) is 24.0 Å². The van der Waals surface area contributed by atoms with Crippen molar-refractivity contribution in [3.05, 3.63) is 35.4 Å². The first-order chi connectivity index (χ1) is 8.66. The van der Waals surface area contributed by atoms with Crippen LogP contribution in [0.4, 0.5) is 0 Å². The monoisotopic (exact) mass is 247 g/mol. The smallest absolute Gasteiger partial charge is 0.0567 e. The lowest BCUT2D eigenvalue weighted by Crippen LogP contribution is -2.43. The summed E-state index contributed by atoms with van der Waals surface area (Å²) < 4.78 is 0. The Bertz CT molecular complexity index is 377. The fraction of sp³-hybridized carbons (Fsp3) is 0.625. The molecule has 18 heavy (non-hydrogen) atoms. The number of likely N-dealkylation sites (tertiary alicyclic amines) is 1. The molecule has 0 saturated carbocycles. The Morgan fingerprint density at radius 3 is 2.83 bits per heavy atom. The van der Waals surface area contributed by atoms with Gasteiger partial charge in [-0.1, -0.05) is 24.3 Å². The van der Waals surface area contributed by atoms with Crippen molar-refractivity contribution in [2.24, 2.45) is 0 Å². The fourth-order valence-electron chi connectivity index (χ4n) is 2.89. The molecular weight excluding hydrogens is 222 g/mol. The van der Waals surface area contributed by atoms with Crippen LogP contribution >= 0.6 is 0 Å². The van der Waals surface area contributed by atoms with Crippen LogP contribution < -0.4 is 0 Å². The average molecular weight is 247 g/mol. The topological polar surface area (TPSA) is 23.5 Å². The molecule has 1 heterocycles. The number of benzene rings is 1. The van der Waals surface area contributed by atoms with Gasteiger partial charge >= 0.3 is 0 Å². The maximum Gasteiger partial charge on any atom is 0.0567 e. The van der Waals surface area contributed by atoms with Crippen molar-refractivity contribution in [1.82, 2.24) is 4.90 Å². The second-order valence-electron chi connectivity index (χ2n) is 5.59. The molecule has 0 aliphatic carbocycles. The molecule has 0 spiro atoms. The molecule has 0 bridgehead atoms. The normalized spacial score (nSPS) is 25.3. The highest BCUT2D eigenvalue weighted by Crippen LogP contribution is 2.18. The Morgan fingerprint density at radius 1 is 1.33 bits per heavy atom. The van der Waals surface area contributed by atoms with Crippen molar-refractivity contribution in [2.75, 3.05) is 13.1 Å². The van der Waals surface area contributed by atoms with Crippen LogP contribution in [-0.4, -0.2) is 35.2 Å². The third-order valence-corrected chi connectivity index (χ3v) is 4.14. The molecule has 1 N–H and O–H groups in total. The van der Waals surface area contributed by atoms with Crippen molar-refractivity contribution in [1.29, 1.82) is 0 Å². The van der Waals surface area contributed by atoms with Crippen LogP contribution in [0.1, 0.15) is 37.3 Å². The molecule has 0 amide bonds. The summed E-state index contributed by atoms with van der Waals surface area (Å²) in [5.41, 5.74) is 2.88. The first kappa shape index (κ1) is 13.6. The molecule has 2 nitrogen and oxygen atoms in total. The zero-order valence-corrected chi connectivity index (χ0v) is 11.6. The van der Waals surface area contributed by atoms with Gasteiger partial charge in [-0.2, -0.15) is 0 Å². The van der Waals surface area contributed by atoms with E-state index in [1.54, 1.807) is 0 Å². The van der Waals surface area contributed by atoms with Gasteiger partial charge in [-0.15, -0.1) is 0 Å². The van der Waals surface area contributed by atoms with Crippen molar-refractivity contribution in [2.45, 2.75) is 51.7 Å². The van der Waals surface area contributed by atoms with E-state index in [0.717, 1.165) is 25.9 Å². The van der Waals surface area contributed by atoms with Crippen LogP contribution in [0.25, 0.3) is 0 Å². The number of nitrogens with zero attached hydrogens (tertiary/aromatic N) is 1. The van der Waals surface area contributed by atoms with Gasteiger partial charge in [0.25, 0.3) is 0 Å². The molecular formula is C16H25NO. The number of aryl methyl sites for hydroxylation is 2. The second kappa shape index (κ2) is 6.35. The molecule has 1 aromatic rings. The van der Waals surface area contributed by atoms with Crippen LogP contribution in [-0.2, 0) is 6.42 Å². The molecule has 0 unspecified atom stereocenters. The number of aliphatic hydroxyl groups is 1. The zero-order chi connectivity index (χ0) is 13.0. The number of hydrogen-bond donors (Lipinski definition) is 1. The summed E-state index contributed by atoms with van der Waals surface area (Å²) in [4.78, 5) is 2.52. The molecule has 100 valence electrons. The van der Waals surface area contributed by atoms with Crippen LogP contribution in [0.3, 0.4) is 0 Å². The first-order valence-electron chi connectivity index (χ1n) is 7.13. The van der Waals surface area contributed by atoms with Crippen molar-refractivity contribution in [3.8, 4) is 0 Å². The third-order valence-electron chi connectivity index (χ3n) is 4.14. The lowest BCUT2D eigenvalue weighted by molar-refractivity contribution is 0.0479. The number of aliphatic hydroxyl groups excluding tert-OH is 1. The van der Waals surface area contributed by atoms with E-state index in [1.807, 2.05) is 0 Å². The van der Waals surface area contributed by atoms with Gasteiger partial charge in [-0.25, -0.2) is 0 Å². The summed E-state index contributed by atoms with van der Waals surface area (Å²) in [6, 6.07) is 9.19. The van der Waals surface area contributed by atoms with Crippen LogP contribution in [0.5, 0.6) is 0 Å². The quantitative estimate of drug-likeness (QED) is 0.884. The molecule has 1 saturated heterocycles. The highest BCUT2D eigenvalue weighted by molar-refractivity contribution is 5.25. The molecule has 2 heteroatoms. The highest BCUT2D eigenvalue weighted by atomic mass is 16.3. The average Bonchev–Trinajstić information content (AvgIpc) is 2.34. The molecule has 0 radical (unpaired) electrons. The molecule has 1 aliphatic rings. The van der Waals surface area contributed by atoms with E-state index in [0.29, 0.717) is 6.04 Å². The SMILES string of the molecule is Cc1ccccc1CCCN1CC[C@@H](O)C[C@H]1C. The van der Waals surface area contributed by atoms with E-state index in [4.69, 9.17) is 0 Å². The van der Waals surface area contributed by atoms with E-state index >= 15 is 0 Å². The number of rotatable bonds is 4. The summed E-state index contributed by atoms with van der Waals surface area (Å²) in [5, 5.41) is 9.61. The minimum Gasteiger partial charge on any atom is -0.393 e. The van der Waals surface area contributed by atoms with E-state index < -0.39 is 0 Å². The van der Waals surface area contributed by atoms with Gasteiger partial charge in [-0.05, 0) is 57.2 Å². The van der Waals surface area contributed by atoms with Crippen LogP contribution in [0.2, 0.25) is 0 Å². The molecule has 2 atom stereocenters. The third kappa shape index (κ3) is 3.56.